The van der Waals surface area contributed by atoms with Gasteiger partial charge < -0.3 is 15.5 Å². The molecule has 0 fully saturated rings. The van der Waals surface area contributed by atoms with Crippen molar-refractivity contribution < 1.29 is 19.4 Å². The zero-order valence-corrected chi connectivity index (χ0v) is 9.25. The van der Waals surface area contributed by atoms with Crippen LogP contribution >= 0.6 is 11.6 Å². The topological polar surface area (TPSA) is 69.6 Å². The molecule has 0 unspecified atom stereocenters. The molecule has 1 atom stereocenters. The third-order valence-electron chi connectivity index (χ3n) is 2.16. The fourth-order valence-electron chi connectivity index (χ4n) is 1.28. The summed E-state index contributed by atoms with van der Waals surface area (Å²) in [5.41, 5.74) is 0.405. The summed E-state index contributed by atoms with van der Waals surface area (Å²) in [4.78, 5) is 10.7. The quantitative estimate of drug-likeness (QED) is 0.752. The third kappa shape index (κ3) is 2.84. The van der Waals surface area contributed by atoms with Gasteiger partial charge in [-0.25, -0.2) is 4.39 Å². The minimum atomic E-state index is -1.04. The molecule has 1 aromatic carbocycles. The van der Waals surface area contributed by atoms with Crippen molar-refractivity contribution in [3.63, 3.8) is 0 Å². The highest BCUT2D eigenvalue weighted by molar-refractivity contribution is 6.32. The molecule has 3 N–H and O–H groups in total. The van der Waals surface area contributed by atoms with Crippen LogP contribution in [-0.2, 0) is 11.2 Å². The van der Waals surface area contributed by atoms with Crippen molar-refractivity contribution in [1.82, 2.24) is 5.32 Å². The molecule has 0 radical (unpaired) electrons. The molecule has 88 valence electrons. The number of likely N-dealkylation sites (N-methyl/N-ethyl adjacent to an activating group) is 1. The lowest BCUT2D eigenvalue weighted by Gasteiger charge is -2.11. The monoisotopic (exact) mass is 247 g/mol. The largest absolute Gasteiger partial charge is 0.504 e. The Morgan fingerprint density at radius 2 is 2.25 bits per heavy atom. The lowest BCUT2D eigenvalue weighted by Crippen LogP contribution is -2.35. The summed E-state index contributed by atoms with van der Waals surface area (Å²) in [5, 5.41) is 20.3. The first-order valence-electron chi connectivity index (χ1n) is 4.52. The summed E-state index contributed by atoms with van der Waals surface area (Å²) in [7, 11) is 1.50. The number of carboxylic acids is 1. The Balaban J connectivity index is 2.93. The van der Waals surface area contributed by atoms with Crippen LogP contribution in [0, 0.1) is 5.82 Å². The lowest BCUT2D eigenvalue weighted by molar-refractivity contribution is -0.139. The number of nitrogens with one attached hydrogen (secondary N) is 1. The average molecular weight is 248 g/mol. The minimum absolute atomic E-state index is 0.0861. The van der Waals surface area contributed by atoms with E-state index in [1.807, 2.05) is 0 Å². The van der Waals surface area contributed by atoms with E-state index < -0.39 is 23.6 Å². The fraction of sp³-hybridized carbons (Fsp3) is 0.300. The Kier molecular flexibility index (Phi) is 4.09. The van der Waals surface area contributed by atoms with Crippen LogP contribution in [-0.4, -0.2) is 29.3 Å². The predicted molar refractivity (Wildman–Crippen MR) is 57.3 cm³/mol. The molecule has 0 aliphatic rings. The molecule has 1 aromatic rings. The second-order valence-corrected chi connectivity index (χ2v) is 3.70. The third-order valence-corrected chi connectivity index (χ3v) is 2.45. The Morgan fingerprint density at radius 3 is 2.69 bits per heavy atom. The number of aliphatic carboxylic acids is 1. The zero-order valence-electron chi connectivity index (χ0n) is 8.50. The molecular formula is C10H11ClFNO3. The Labute approximate surface area is 96.7 Å². The van der Waals surface area contributed by atoms with E-state index in [9.17, 15) is 9.18 Å². The van der Waals surface area contributed by atoms with Crippen LogP contribution in [0.2, 0.25) is 5.02 Å². The molecular weight excluding hydrogens is 237 g/mol. The van der Waals surface area contributed by atoms with Crippen molar-refractivity contribution >= 4 is 17.6 Å². The molecule has 0 amide bonds. The lowest BCUT2D eigenvalue weighted by atomic mass is 10.1. The van der Waals surface area contributed by atoms with Gasteiger partial charge in [0.1, 0.15) is 6.04 Å². The Bertz CT molecular complexity index is 388. The van der Waals surface area contributed by atoms with Crippen LogP contribution in [0.3, 0.4) is 0 Å². The molecule has 0 heterocycles. The first-order chi connectivity index (χ1) is 7.45. The molecule has 6 heteroatoms. The van der Waals surface area contributed by atoms with Gasteiger partial charge in [-0.15, -0.1) is 0 Å². The number of hydrogen-bond acceptors (Lipinski definition) is 3. The van der Waals surface area contributed by atoms with Crippen LogP contribution in [0.5, 0.6) is 5.75 Å². The van der Waals surface area contributed by atoms with E-state index in [4.69, 9.17) is 21.8 Å². The highest BCUT2D eigenvalue weighted by Crippen LogP contribution is 2.28. The standard InChI is InChI=1S/C10H11ClFNO3/c1-13-8(10(15)16)4-5-2-6(11)9(14)7(12)3-5/h2-3,8,13-14H,4H2,1H3,(H,15,16)/t8-/m1/s1. The highest BCUT2D eigenvalue weighted by Gasteiger charge is 2.17. The van der Waals surface area contributed by atoms with E-state index in [0.29, 0.717) is 5.56 Å². The van der Waals surface area contributed by atoms with Gasteiger partial charge in [-0.2, -0.15) is 0 Å². The van der Waals surface area contributed by atoms with Gasteiger partial charge in [0.2, 0.25) is 0 Å². The number of benzene rings is 1. The first kappa shape index (κ1) is 12.7. The van der Waals surface area contributed by atoms with Crippen molar-refractivity contribution in [3.05, 3.63) is 28.5 Å². The zero-order chi connectivity index (χ0) is 12.3. The van der Waals surface area contributed by atoms with Gasteiger partial charge in [0, 0.05) is 0 Å². The van der Waals surface area contributed by atoms with Gasteiger partial charge in [0.15, 0.2) is 11.6 Å². The van der Waals surface area contributed by atoms with Crippen molar-refractivity contribution in [1.29, 1.82) is 0 Å². The molecule has 0 bridgehead atoms. The summed E-state index contributed by atoms with van der Waals surface area (Å²) in [6, 6.07) is 1.59. The van der Waals surface area contributed by atoms with Gasteiger partial charge in [0.05, 0.1) is 5.02 Å². The molecule has 0 aliphatic heterocycles. The van der Waals surface area contributed by atoms with Crippen molar-refractivity contribution in [2.45, 2.75) is 12.5 Å². The molecule has 16 heavy (non-hydrogen) atoms. The number of phenolic OH excluding ortho intramolecular Hbond substituents is 1. The number of phenols is 1. The Hall–Kier alpha value is -1.33. The number of carboxylic acid groups (broad SMARTS) is 1. The second-order valence-electron chi connectivity index (χ2n) is 3.29. The molecule has 0 saturated carbocycles. The molecule has 0 aliphatic carbocycles. The van der Waals surface area contributed by atoms with Crippen LogP contribution in [0.1, 0.15) is 5.56 Å². The number of hydrogen-bond donors (Lipinski definition) is 3. The van der Waals surface area contributed by atoms with Crippen LogP contribution < -0.4 is 5.32 Å². The second kappa shape index (κ2) is 5.14. The number of halogens is 2. The van der Waals surface area contributed by atoms with E-state index in [0.717, 1.165) is 6.07 Å². The first-order valence-corrected chi connectivity index (χ1v) is 4.90. The maximum atomic E-state index is 13.1. The summed E-state index contributed by atoms with van der Waals surface area (Å²) in [6.07, 6.45) is 0.0861. The molecule has 0 spiro atoms. The van der Waals surface area contributed by atoms with Crippen LogP contribution in [0.25, 0.3) is 0 Å². The van der Waals surface area contributed by atoms with Gasteiger partial charge >= 0.3 is 5.97 Å². The van der Waals surface area contributed by atoms with Crippen molar-refractivity contribution in [2.24, 2.45) is 0 Å². The van der Waals surface area contributed by atoms with E-state index in [2.05, 4.69) is 5.32 Å². The van der Waals surface area contributed by atoms with E-state index in [1.165, 1.54) is 13.1 Å². The van der Waals surface area contributed by atoms with E-state index in [-0.39, 0.29) is 11.4 Å². The maximum absolute atomic E-state index is 13.1. The minimum Gasteiger partial charge on any atom is -0.504 e. The van der Waals surface area contributed by atoms with Crippen LogP contribution in [0.4, 0.5) is 4.39 Å². The summed E-state index contributed by atoms with van der Waals surface area (Å²) in [5.74, 6) is -2.52. The van der Waals surface area contributed by atoms with E-state index >= 15 is 0 Å². The average Bonchev–Trinajstić information content (AvgIpc) is 2.21. The van der Waals surface area contributed by atoms with E-state index in [1.54, 1.807) is 0 Å². The Morgan fingerprint density at radius 1 is 1.62 bits per heavy atom. The smallest absolute Gasteiger partial charge is 0.321 e. The number of carbonyl (C=O) groups is 1. The molecule has 1 rings (SSSR count). The maximum Gasteiger partial charge on any atom is 0.321 e. The normalized spacial score (nSPS) is 12.4. The highest BCUT2D eigenvalue weighted by atomic mass is 35.5. The van der Waals surface area contributed by atoms with Crippen molar-refractivity contribution in [2.75, 3.05) is 7.05 Å². The summed E-state index contributed by atoms with van der Waals surface area (Å²) >= 11 is 5.57. The fourth-order valence-corrected chi connectivity index (χ4v) is 1.51. The molecule has 0 saturated heterocycles. The van der Waals surface area contributed by atoms with Gasteiger partial charge in [-0.1, -0.05) is 11.6 Å². The van der Waals surface area contributed by atoms with Gasteiger partial charge in [-0.3, -0.25) is 4.79 Å². The van der Waals surface area contributed by atoms with Crippen LogP contribution in [0.15, 0.2) is 12.1 Å². The SMILES string of the molecule is CN[C@H](Cc1cc(F)c(O)c(Cl)c1)C(=O)O. The molecule has 4 nitrogen and oxygen atoms in total. The van der Waals surface area contributed by atoms with Gasteiger partial charge in [-0.05, 0) is 31.2 Å². The molecule has 0 aromatic heterocycles. The summed E-state index contributed by atoms with van der Waals surface area (Å²) < 4.78 is 13.1. The predicted octanol–water partition coefficient (Wildman–Crippen LogP) is 1.40. The number of aromatic hydroxyl groups is 1. The van der Waals surface area contributed by atoms with Gasteiger partial charge in [0.25, 0.3) is 0 Å². The number of rotatable bonds is 4. The summed E-state index contributed by atoms with van der Waals surface area (Å²) in [6.45, 7) is 0. The van der Waals surface area contributed by atoms with Crippen molar-refractivity contribution in [3.8, 4) is 5.75 Å².